The normalized spacial score (nSPS) is 19.1. The van der Waals surface area contributed by atoms with Gasteiger partial charge in [-0.25, -0.2) is 0 Å². The quantitative estimate of drug-likeness (QED) is 0.431. The molecule has 1 heterocycles. The molecule has 1 aliphatic heterocycles. The van der Waals surface area contributed by atoms with Crippen LogP contribution in [0.25, 0.3) is 0 Å². The van der Waals surface area contributed by atoms with Crippen LogP contribution in [0, 0.1) is 0 Å². The number of carbonyl (C=O) groups excluding carboxylic acids is 1. The molecule has 0 aliphatic carbocycles. The Morgan fingerprint density at radius 1 is 1.67 bits per heavy atom. The van der Waals surface area contributed by atoms with Crippen molar-refractivity contribution in [3.63, 3.8) is 0 Å². The molecule has 0 N–H and O–H groups in total. The monoisotopic (exact) mass is 146 g/mol. The van der Waals surface area contributed by atoms with Crippen molar-refractivity contribution >= 4 is 18.0 Å². The third-order valence-corrected chi connectivity index (χ3v) is 2.41. The van der Waals surface area contributed by atoms with Gasteiger partial charge in [-0.1, -0.05) is 0 Å². The summed E-state index contributed by atoms with van der Waals surface area (Å²) >= 11 is 1.83. The fourth-order valence-corrected chi connectivity index (χ4v) is 1.54. The molecule has 0 amide bonds. The van der Waals surface area contributed by atoms with Gasteiger partial charge in [0, 0.05) is 12.2 Å². The van der Waals surface area contributed by atoms with Crippen molar-refractivity contribution in [3.05, 3.63) is 0 Å². The van der Waals surface area contributed by atoms with Gasteiger partial charge >= 0.3 is 0 Å². The summed E-state index contributed by atoms with van der Waals surface area (Å²) in [5, 5.41) is 0.671. The van der Waals surface area contributed by atoms with Crippen molar-refractivity contribution in [2.24, 2.45) is 0 Å². The van der Waals surface area contributed by atoms with Crippen molar-refractivity contribution < 1.29 is 9.53 Å². The maximum Gasteiger partial charge on any atom is 0.120 e. The second kappa shape index (κ2) is 3.90. The van der Waals surface area contributed by atoms with E-state index in [2.05, 4.69) is 0 Å². The molecule has 0 radical (unpaired) electrons. The molecule has 9 heavy (non-hydrogen) atoms. The molecule has 0 aromatic rings. The molecule has 0 saturated carbocycles. The van der Waals surface area contributed by atoms with E-state index in [4.69, 9.17) is 4.74 Å². The van der Waals surface area contributed by atoms with Crippen LogP contribution in [-0.4, -0.2) is 30.5 Å². The maximum atomic E-state index is 9.85. The van der Waals surface area contributed by atoms with Gasteiger partial charge in [0.2, 0.25) is 0 Å². The number of hydrogen-bond acceptors (Lipinski definition) is 3. The first-order valence-electron chi connectivity index (χ1n) is 3.06. The third kappa shape index (κ3) is 2.37. The Morgan fingerprint density at radius 3 is 2.89 bits per heavy atom. The second-order valence-electron chi connectivity index (χ2n) is 1.99. The predicted molar refractivity (Wildman–Crippen MR) is 37.7 cm³/mol. The van der Waals surface area contributed by atoms with Crippen LogP contribution in [0.2, 0.25) is 0 Å². The first kappa shape index (κ1) is 7.09. The van der Waals surface area contributed by atoms with Crippen LogP contribution >= 0.6 is 11.8 Å². The fourth-order valence-electron chi connectivity index (χ4n) is 0.593. The van der Waals surface area contributed by atoms with E-state index in [1.807, 2.05) is 11.8 Å². The molecule has 0 atom stereocenters. The number of carbonyl (C=O) groups is 1. The van der Waals surface area contributed by atoms with Gasteiger partial charge in [0.25, 0.3) is 0 Å². The van der Waals surface area contributed by atoms with Gasteiger partial charge in [0.05, 0.1) is 18.5 Å². The van der Waals surface area contributed by atoms with E-state index in [9.17, 15) is 4.79 Å². The van der Waals surface area contributed by atoms with Gasteiger partial charge in [0.15, 0.2) is 0 Å². The first-order chi connectivity index (χ1) is 4.43. The molecular weight excluding hydrogens is 136 g/mol. The number of thioether (sulfide) groups is 1. The SMILES string of the molecule is O=CCCSC1COC1. The summed E-state index contributed by atoms with van der Waals surface area (Å²) in [6.07, 6.45) is 1.65. The minimum atomic E-state index is 0.671. The van der Waals surface area contributed by atoms with Crippen LogP contribution < -0.4 is 0 Å². The lowest BCUT2D eigenvalue weighted by Crippen LogP contribution is -2.30. The molecule has 0 aromatic carbocycles. The topological polar surface area (TPSA) is 26.3 Å². The first-order valence-corrected chi connectivity index (χ1v) is 4.11. The van der Waals surface area contributed by atoms with Crippen LogP contribution in [0.1, 0.15) is 6.42 Å². The highest BCUT2D eigenvalue weighted by Crippen LogP contribution is 2.18. The lowest BCUT2D eigenvalue weighted by atomic mass is 10.4. The molecule has 0 bridgehead atoms. The molecule has 1 fully saturated rings. The van der Waals surface area contributed by atoms with E-state index in [0.717, 1.165) is 25.3 Å². The maximum absolute atomic E-state index is 9.85. The summed E-state index contributed by atoms with van der Waals surface area (Å²) in [5.41, 5.74) is 0. The van der Waals surface area contributed by atoms with Crippen molar-refractivity contribution in [3.8, 4) is 0 Å². The summed E-state index contributed by atoms with van der Waals surface area (Å²) in [5.74, 6) is 0.956. The van der Waals surface area contributed by atoms with Crippen LogP contribution in [0.5, 0.6) is 0 Å². The lowest BCUT2D eigenvalue weighted by molar-refractivity contribution is -0.107. The van der Waals surface area contributed by atoms with Gasteiger partial charge < -0.3 is 9.53 Å². The number of hydrogen-bond donors (Lipinski definition) is 0. The van der Waals surface area contributed by atoms with Gasteiger partial charge in [0.1, 0.15) is 6.29 Å². The molecule has 0 unspecified atom stereocenters. The second-order valence-corrected chi connectivity index (χ2v) is 3.39. The molecule has 1 aliphatic rings. The van der Waals surface area contributed by atoms with Gasteiger partial charge in [-0.15, -0.1) is 0 Å². The molecule has 0 spiro atoms. The summed E-state index contributed by atoms with van der Waals surface area (Å²) in [4.78, 5) is 9.85. The van der Waals surface area contributed by atoms with E-state index in [1.54, 1.807) is 0 Å². The van der Waals surface area contributed by atoms with Crippen LogP contribution in [-0.2, 0) is 9.53 Å². The van der Waals surface area contributed by atoms with Crippen LogP contribution in [0.15, 0.2) is 0 Å². The number of rotatable bonds is 4. The zero-order valence-electron chi connectivity index (χ0n) is 5.21. The predicted octanol–water partition coefficient (Wildman–Crippen LogP) is 0.707. The molecule has 0 aromatic heterocycles. The highest BCUT2D eigenvalue weighted by atomic mass is 32.2. The van der Waals surface area contributed by atoms with Crippen LogP contribution in [0.3, 0.4) is 0 Å². The largest absolute Gasteiger partial charge is 0.379 e. The Labute approximate surface area is 59.0 Å². The highest BCUT2D eigenvalue weighted by molar-refractivity contribution is 8.00. The zero-order valence-corrected chi connectivity index (χ0v) is 6.02. The van der Waals surface area contributed by atoms with Gasteiger partial charge in [-0.2, -0.15) is 11.8 Å². The molecule has 52 valence electrons. The van der Waals surface area contributed by atoms with E-state index >= 15 is 0 Å². The van der Waals surface area contributed by atoms with Crippen LogP contribution in [0.4, 0.5) is 0 Å². The molecule has 1 rings (SSSR count). The summed E-state index contributed by atoms with van der Waals surface area (Å²) < 4.78 is 4.96. The third-order valence-electron chi connectivity index (χ3n) is 1.20. The smallest absolute Gasteiger partial charge is 0.120 e. The molecule has 3 heteroatoms. The van der Waals surface area contributed by atoms with Crippen molar-refractivity contribution in [2.45, 2.75) is 11.7 Å². The van der Waals surface area contributed by atoms with E-state index in [1.165, 1.54) is 0 Å². The Bertz CT molecular complexity index is 91.1. The summed E-state index contributed by atoms with van der Waals surface area (Å²) in [7, 11) is 0. The molecular formula is C6H10O2S. The minimum absolute atomic E-state index is 0.671. The number of aldehydes is 1. The molecule has 2 nitrogen and oxygen atoms in total. The lowest BCUT2D eigenvalue weighted by Gasteiger charge is -2.24. The standard InChI is InChI=1S/C6H10O2S/c7-2-1-3-9-6-4-8-5-6/h2,6H,1,3-5H2. The van der Waals surface area contributed by atoms with Gasteiger partial charge in [-0.3, -0.25) is 0 Å². The zero-order chi connectivity index (χ0) is 6.53. The van der Waals surface area contributed by atoms with Crippen molar-refractivity contribution in [1.29, 1.82) is 0 Å². The Kier molecular flexibility index (Phi) is 3.08. The fraction of sp³-hybridized carbons (Fsp3) is 0.833. The highest BCUT2D eigenvalue weighted by Gasteiger charge is 2.17. The summed E-state index contributed by atoms with van der Waals surface area (Å²) in [6.45, 7) is 1.76. The van der Waals surface area contributed by atoms with E-state index < -0.39 is 0 Å². The van der Waals surface area contributed by atoms with Crippen molar-refractivity contribution in [1.82, 2.24) is 0 Å². The van der Waals surface area contributed by atoms with Gasteiger partial charge in [-0.05, 0) is 0 Å². The Balaban J connectivity index is 1.85. The Hall–Kier alpha value is -0.0200. The van der Waals surface area contributed by atoms with E-state index in [-0.39, 0.29) is 0 Å². The van der Waals surface area contributed by atoms with Crippen molar-refractivity contribution in [2.75, 3.05) is 19.0 Å². The minimum Gasteiger partial charge on any atom is -0.379 e. The van der Waals surface area contributed by atoms with E-state index in [0.29, 0.717) is 11.7 Å². The number of ether oxygens (including phenoxy) is 1. The average Bonchev–Trinajstić information content (AvgIpc) is 1.76. The summed E-state index contributed by atoms with van der Waals surface area (Å²) in [6, 6.07) is 0. The molecule has 1 saturated heterocycles. The Morgan fingerprint density at radius 2 is 2.44 bits per heavy atom. The average molecular weight is 146 g/mol.